The molecule has 12 heteroatoms. The molecule has 3 rings (SSSR count). The Bertz CT molecular complexity index is 1250. The number of anilines is 1. The number of rotatable bonds is 6. The second kappa shape index (κ2) is 9.15. The van der Waals surface area contributed by atoms with Crippen molar-refractivity contribution in [2.75, 3.05) is 12.8 Å². The van der Waals surface area contributed by atoms with Crippen LogP contribution in [0.15, 0.2) is 36.4 Å². The summed E-state index contributed by atoms with van der Waals surface area (Å²) < 4.78 is 71.7. The molecule has 3 aromatic rings. The van der Waals surface area contributed by atoms with Gasteiger partial charge in [0, 0.05) is 17.7 Å². The van der Waals surface area contributed by atoms with Gasteiger partial charge in [-0.2, -0.15) is 23.5 Å². The highest BCUT2D eigenvalue weighted by atomic mass is 19.4. The van der Waals surface area contributed by atoms with Crippen LogP contribution in [0.2, 0.25) is 0 Å². The molecule has 0 bridgehead atoms. The Morgan fingerprint density at radius 1 is 1.24 bits per heavy atom. The summed E-state index contributed by atoms with van der Waals surface area (Å²) in [6, 6.07) is 8.60. The van der Waals surface area contributed by atoms with Crippen LogP contribution in [0, 0.1) is 23.0 Å². The van der Waals surface area contributed by atoms with E-state index >= 15 is 0 Å². The van der Waals surface area contributed by atoms with Crippen molar-refractivity contribution >= 4 is 11.7 Å². The Kier molecular flexibility index (Phi) is 6.52. The predicted octanol–water partition coefficient (Wildman–Crippen LogP) is 3.78. The van der Waals surface area contributed by atoms with Crippen LogP contribution in [-0.2, 0) is 13.1 Å². The molecule has 0 aliphatic heterocycles. The largest absolute Gasteiger partial charge is 0.496 e. The molecule has 172 valence electrons. The van der Waals surface area contributed by atoms with Crippen LogP contribution in [0.5, 0.6) is 5.75 Å². The van der Waals surface area contributed by atoms with Crippen molar-refractivity contribution in [3.8, 4) is 23.1 Å². The van der Waals surface area contributed by atoms with Gasteiger partial charge in [-0.25, -0.2) is 13.5 Å². The van der Waals surface area contributed by atoms with Crippen molar-refractivity contribution in [2.45, 2.75) is 19.3 Å². The topological polar surface area (TPSA) is 106 Å². The van der Waals surface area contributed by atoms with Gasteiger partial charge in [0.1, 0.15) is 47.1 Å². The summed E-state index contributed by atoms with van der Waals surface area (Å²) in [4.78, 5) is 12.4. The molecule has 1 aromatic heterocycles. The highest BCUT2D eigenvalue weighted by Gasteiger charge is 2.31. The molecule has 1 amide bonds. The molecule has 0 aliphatic rings. The number of aromatic nitrogens is 2. The van der Waals surface area contributed by atoms with E-state index in [0.29, 0.717) is 4.68 Å². The average Bonchev–Trinajstić information content (AvgIpc) is 3.06. The number of hydrogen-bond donors (Lipinski definition) is 2. The lowest BCUT2D eigenvalue weighted by Crippen LogP contribution is -2.24. The second-order valence-electron chi connectivity index (χ2n) is 6.83. The van der Waals surface area contributed by atoms with Gasteiger partial charge in [0.25, 0.3) is 5.91 Å². The average molecular weight is 465 g/mol. The molecule has 2 aromatic carbocycles. The molecule has 0 atom stereocenters. The Balaban J connectivity index is 1.83. The third kappa shape index (κ3) is 5.20. The molecule has 0 aliphatic carbocycles. The van der Waals surface area contributed by atoms with Crippen molar-refractivity contribution < 1.29 is 31.5 Å². The summed E-state index contributed by atoms with van der Waals surface area (Å²) in [5.41, 5.74) is 5.04. The molecule has 0 spiro atoms. The maximum atomic E-state index is 14.6. The molecular weight excluding hydrogens is 449 g/mol. The number of nitrogens with one attached hydrogen (secondary N) is 1. The van der Waals surface area contributed by atoms with E-state index in [-0.39, 0.29) is 40.2 Å². The zero-order valence-corrected chi connectivity index (χ0v) is 17.0. The van der Waals surface area contributed by atoms with Gasteiger partial charge in [0.2, 0.25) is 0 Å². The van der Waals surface area contributed by atoms with Gasteiger partial charge in [-0.3, -0.25) is 4.79 Å². The Morgan fingerprint density at radius 3 is 2.58 bits per heavy atom. The summed E-state index contributed by atoms with van der Waals surface area (Å²) >= 11 is 0. The molecule has 0 radical (unpaired) electrons. The monoisotopic (exact) mass is 465 g/mol. The van der Waals surface area contributed by atoms with Crippen molar-refractivity contribution in [3.05, 3.63) is 64.7 Å². The van der Waals surface area contributed by atoms with Crippen molar-refractivity contribution in [3.63, 3.8) is 0 Å². The van der Waals surface area contributed by atoms with E-state index in [2.05, 4.69) is 10.4 Å². The summed E-state index contributed by atoms with van der Waals surface area (Å²) in [7, 11) is 1.31. The maximum absolute atomic E-state index is 14.6. The SMILES string of the molecule is COc1ccc(F)cc1C(=O)NCc1ccc(-c2nn(CC(F)(F)F)c(N)c2C#N)cc1F. The number of methoxy groups -OCH3 is 1. The van der Waals surface area contributed by atoms with Crippen LogP contribution in [0.3, 0.4) is 0 Å². The van der Waals surface area contributed by atoms with E-state index in [0.717, 1.165) is 18.2 Å². The van der Waals surface area contributed by atoms with Gasteiger partial charge in [-0.15, -0.1) is 0 Å². The zero-order valence-electron chi connectivity index (χ0n) is 17.0. The first-order chi connectivity index (χ1) is 15.5. The van der Waals surface area contributed by atoms with Crippen LogP contribution in [0.25, 0.3) is 11.3 Å². The second-order valence-corrected chi connectivity index (χ2v) is 6.83. The first-order valence-electron chi connectivity index (χ1n) is 9.27. The zero-order chi connectivity index (χ0) is 24.3. The molecule has 0 unspecified atom stereocenters. The Morgan fingerprint density at radius 2 is 1.97 bits per heavy atom. The molecule has 0 saturated heterocycles. The van der Waals surface area contributed by atoms with E-state index in [1.54, 1.807) is 6.07 Å². The van der Waals surface area contributed by atoms with Crippen LogP contribution in [-0.4, -0.2) is 29.0 Å². The number of nitriles is 1. The fourth-order valence-electron chi connectivity index (χ4n) is 3.04. The lowest BCUT2D eigenvalue weighted by atomic mass is 10.1. The summed E-state index contributed by atoms with van der Waals surface area (Å²) in [5, 5.41) is 15.4. The van der Waals surface area contributed by atoms with E-state index < -0.39 is 36.1 Å². The van der Waals surface area contributed by atoms with Gasteiger partial charge in [-0.05, 0) is 24.3 Å². The fraction of sp³-hybridized carbons (Fsp3) is 0.190. The number of halogens is 5. The fourth-order valence-corrected chi connectivity index (χ4v) is 3.04. The number of amides is 1. The van der Waals surface area contributed by atoms with Gasteiger partial charge in [0.15, 0.2) is 0 Å². The smallest absolute Gasteiger partial charge is 0.408 e. The lowest BCUT2D eigenvalue weighted by Gasteiger charge is -2.10. The highest BCUT2D eigenvalue weighted by Crippen LogP contribution is 2.30. The lowest BCUT2D eigenvalue weighted by molar-refractivity contribution is -0.142. The number of hydrogen-bond acceptors (Lipinski definition) is 5. The van der Waals surface area contributed by atoms with E-state index in [9.17, 15) is 32.0 Å². The number of nitrogens with zero attached hydrogens (tertiary/aromatic N) is 3. The van der Waals surface area contributed by atoms with Crippen LogP contribution < -0.4 is 15.8 Å². The number of benzene rings is 2. The normalized spacial score (nSPS) is 11.2. The van der Waals surface area contributed by atoms with Crippen molar-refractivity contribution in [1.29, 1.82) is 5.26 Å². The maximum Gasteiger partial charge on any atom is 0.408 e. The summed E-state index contributed by atoms with van der Waals surface area (Å²) in [6.07, 6.45) is -4.62. The number of carbonyl (C=O) groups is 1. The third-order valence-electron chi connectivity index (χ3n) is 4.60. The minimum atomic E-state index is -4.62. The standard InChI is InChI=1S/C21H16F5N5O2/c1-33-17-5-4-13(22)7-14(17)20(32)29-9-12-3-2-11(6-16(12)23)18-15(8-27)19(28)31(30-18)10-21(24,25)26/h2-7H,9-10,28H2,1H3,(H,29,32). The quantitative estimate of drug-likeness (QED) is 0.539. The summed E-state index contributed by atoms with van der Waals surface area (Å²) in [5.74, 6) is -2.55. The minimum Gasteiger partial charge on any atom is -0.496 e. The molecule has 0 fully saturated rings. The van der Waals surface area contributed by atoms with Gasteiger partial charge in [-0.1, -0.05) is 12.1 Å². The number of nitrogen functional groups attached to an aromatic ring is 1. The van der Waals surface area contributed by atoms with Gasteiger partial charge >= 0.3 is 6.18 Å². The van der Waals surface area contributed by atoms with E-state index in [1.165, 1.54) is 25.3 Å². The first kappa shape index (κ1) is 23.5. The van der Waals surface area contributed by atoms with Crippen molar-refractivity contribution in [2.24, 2.45) is 0 Å². The van der Waals surface area contributed by atoms with E-state index in [4.69, 9.17) is 10.5 Å². The van der Waals surface area contributed by atoms with Gasteiger partial charge < -0.3 is 15.8 Å². The number of ether oxygens (including phenoxy) is 1. The third-order valence-corrected chi connectivity index (χ3v) is 4.60. The molecule has 3 N–H and O–H groups in total. The molecule has 0 saturated carbocycles. The van der Waals surface area contributed by atoms with Crippen LogP contribution in [0.1, 0.15) is 21.5 Å². The van der Waals surface area contributed by atoms with Crippen LogP contribution in [0.4, 0.5) is 27.8 Å². The molecule has 7 nitrogen and oxygen atoms in total. The number of nitrogens with two attached hydrogens (primary N) is 1. The molecular formula is C21H16F5N5O2. The van der Waals surface area contributed by atoms with Crippen molar-refractivity contribution in [1.82, 2.24) is 15.1 Å². The predicted molar refractivity (Wildman–Crippen MR) is 107 cm³/mol. The minimum absolute atomic E-state index is 0.0264. The summed E-state index contributed by atoms with van der Waals surface area (Å²) in [6.45, 7) is -1.79. The first-order valence-corrected chi connectivity index (χ1v) is 9.27. The Hall–Kier alpha value is -4.14. The van der Waals surface area contributed by atoms with Crippen LogP contribution >= 0.6 is 0 Å². The Labute approximate surface area is 184 Å². The molecule has 1 heterocycles. The van der Waals surface area contributed by atoms with Gasteiger partial charge in [0.05, 0.1) is 12.7 Å². The highest BCUT2D eigenvalue weighted by molar-refractivity contribution is 5.96. The molecule has 33 heavy (non-hydrogen) atoms. The van der Waals surface area contributed by atoms with E-state index in [1.807, 2.05) is 0 Å². The number of carbonyl (C=O) groups excluding carboxylic acids is 1. The number of alkyl halides is 3.